The Morgan fingerprint density at radius 1 is 1.42 bits per heavy atom. The van der Waals surface area contributed by atoms with E-state index in [1.165, 1.54) is 23.1 Å². The maximum atomic E-state index is 11.9. The third-order valence-corrected chi connectivity index (χ3v) is 5.73. The average Bonchev–Trinajstić information content (AvgIpc) is 2.38. The first-order valence-electron chi connectivity index (χ1n) is 5.75. The number of hydrogen-bond acceptors (Lipinski definition) is 5. The van der Waals surface area contributed by atoms with Gasteiger partial charge < -0.3 is 5.73 Å². The van der Waals surface area contributed by atoms with Crippen LogP contribution < -0.4 is 5.73 Å². The number of nitriles is 1. The van der Waals surface area contributed by atoms with Gasteiger partial charge in [-0.15, -0.1) is 11.8 Å². The largest absolute Gasteiger partial charge is 0.398 e. The van der Waals surface area contributed by atoms with E-state index in [0.29, 0.717) is 11.4 Å². The molecule has 0 amide bonds. The van der Waals surface area contributed by atoms with Crippen molar-refractivity contribution in [3.63, 3.8) is 0 Å². The lowest BCUT2D eigenvalue weighted by Crippen LogP contribution is -2.30. The summed E-state index contributed by atoms with van der Waals surface area (Å²) in [5.74, 6) is 0.474. The summed E-state index contributed by atoms with van der Waals surface area (Å²) < 4.78 is 25.0. The number of nitrogen functional groups attached to an aromatic ring is 1. The van der Waals surface area contributed by atoms with Crippen molar-refractivity contribution in [2.45, 2.75) is 11.3 Å². The summed E-state index contributed by atoms with van der Waals surface area (Å²) in [6.07, 6.45) is 0.203. The molecule has 0 fully saturated rings. The molecule has 0 aliphatic carbocycles. The van der Waals surface area contributed by atoms with Gasteiger partial charge in [0.1, 0.15) is 0 Å². The Hall–Kier alpha value is -1.23. The van der Waals surface area contributed by atoms with Gasteiger partial charge in [-0.05, 0) is 12.1 Å². The summed E-state index contributed by atoms with van der Waals surface area (Å²) in [5, 5.41) is 8.45. The molecule has 0 heterocycles. The van der Waals surface area contributed by atoms with Crippen molar-refractivity contribution in [3.8, 4) is 6.07 Å². The van der Waals surface area contributed by atoms with E-state index in [0.717, 1.165) is 4.90 Å². The van der Waals surface area contributed by atoms with Crippen LogP contribution in [0.5, 0.6) is 0 Å². The van der Waals surface area contributed by atoms with E-state index in [2.05, 4.69) is 0 Å². The summed E-state index contributed by atoms with van der Waals surface area (Å²) in [7, 11) is -1.80. The molecule has 1 aromatic carbocycles. The van der Waals surface area contributed by atoms with Gasteiger partial charge in [0.25, 0.3) is 0 Å². The lowest BCUT2D eigenvalue weighted by Gasteiger charge is -2.15. The van der Waals surface area contributed by atoms with Crippen molar-refractivity contribution in [1.29, 1.82) is 5.26 Å². The molecule has 0 radical (unpaired) electrons. The zero-order valence-electron chi connectivity index (χ0n) is 10.7. The molecule has 0 aliphatic heterocycles. The summed E-state index contributed by atoms with van der Waals surface area (Å²) >= 11 is 1.42. The maximum Gasteiger partial charge on any atom is 0.214 e. The van der Waals surface area contributed by atoms with Gasteiger partial charge in [0.15, 0.2) is 0 Å². The molecule has 19 heavy (non-hydrogen) atoms. The van der Waals surface area contributed by atoms with Crippen molar-refractivity contribution < 1.29 is 8.42 Å². The van der Waals surface area contributed by atoms with Gasteiger partial charge in [0.05, 0.1) is 11.8 Å². The fraction of sp³-hybridized carbons (Fsp3) is 0.417. The summed E-state index contributed by atoms with van der Waals surface area (Å²) in [4.78, 5) is 0.886. The Bertz CT molecular complexity index is 552. The number of nitrogens with zero attached hydrogens (tertiary/aromatic N) is 2. The van der Waals surface area contributed by atoms with Gasteiger partial charge in [-0.1, -0.05) is 12.1 Å². The van der Waals surface area contributed by atoms with Gasteiger partial charge in [-0.25, -0.2) is 12.7 Å². The van der Waals surface area contributed by atoms with Crippen LogP contribution in [0, 0.1) is 11.3 Å². The zero-order chi connectivity index (χ0) is 14.3. The van der Waals surface area contributed by atoms with E-state index in [1.807, 2.05) is 24.3 Å². The molecule has 0 aromatic heterocycles. The predicted octanol–water partition coefficient (Wildman–Crippen LogP) is 1.54. The Morgan fingerprint density at radius 3 is 2.74 bits per heavy atom. The van der Waals surface area contributed by atoms with E-state index in [1.54, 1.807) is 6.07 Å². The molecule has 0 saturated carbocycles. The number of nitrogens with two attached hydrogens (primary N) is 1. The Kier molecular flexibility index (Phi) is 6.15. The SMILES string of the molecule is CN(CCC#N)S(=O)(=O)CCSc1ccccc1N. The monoisotopic (exact) mass is 299 g/mol. The summed E-state index contributed by atoms with van der Waals surface area (Å²) in [5.41, 5.74) is 6.43. The third-order valence-electron chi connectivity index (χ3n) is 2.53. The first-order chi connectivity index (χ1) is 8.97. The van der Waals surface area contributed by atoms with E-state index in [-0.39, 0.29) is 18.7 Å². The Labute approximate surface area is 118 Å². The molecular weight excluding hydrogens is 282 g/mol. The van der Waals surface area contributed by atoms with Crippen molar-refractivity contribution in [2.24, 2.45) is 0 Å². The molecule has 0 bridgehead atoms. The normalized spacial score (nSPS) is 11.4. The van der Waals surface area contributed by atoms with Gasteiger partial charge in [0.2, 0.25) is 10.0 Å². The van der Waals surface area contributed by atoms with E-state index < -0.39 is 10.0 Å². The molecule has 1 aromatic rings. The molecule has 0 atom stereocenters. The van der Waals surface area contributed by atoms with Crippen LogP contribution in [-0.2, 0) is 10.0 Å². The van der Waals surface area contributed by atoms with Crippen molar-refractivity contribution in [2.75, 3.05) is 30.8 Å². The molecule has 0 saturated heterocycles. The van der Waals surface area contributed by atoms with Gasteiger partial charge >= 0.3 is 0 Å². The van der Waals surface area contributed by atoms with Crippen LogP contribution in [0.25, 0.3) is 0 Å². The highest BCUT2D eigenvalue weighted by molar-refractivity contribution is 8.00. The quantitative estimate of drug-likeness (QED) is 0.609. The average molecular weight is 299 g/mol. The lowest BCUT2D eigenvalue weighted by atomic mass is 10.3. The number of thioether (sulfide) groups is 1. The minimum Gasteiger partial charge on any atom is -0.398 e. The molecule has 2 N–H and O–H groups in total. The molecule has 1 rings (SSSR count). The molecule has 0 unspecified atom stereocenters. The van der Waals surface area contributed by atoms with E-state index in [4.69, 9.17) is 11.0 Å². The first kappa shape index (κ1) is 15.8. The second-order valence-corrected chi connectivity index (χ2v) is 7.26. The molecule has 7 heteroatoms. The number of rotatable bonds is 7. The molecule has 5 nitrogen and oxygen atoms in total. The third kappa shape index (κ3) is 5.11. The van der Waals surface area contributed by atoms with Crippen LogP contribution in [0.15, 0.2) is 29.2 Å². The van der Waals surface area contributed by atoms with Crippen LogP contribution in [0.1, 0.15) is 6.42 Å². The van der Waals surface area contributed by atoms with Gasteiger partial charge in [-0.3, -0.25) is 0 Å². The number of anilines is 1. The maximum absolute atomic E-state index is 11.9. The number of benzene rings is 1. The predicted molar refractivity (Wildman–Crippen MR) is 78.2 cm³/mol. The highest BCUT2D eigenvalue weighted by atomic mass is 32.2. The van der Waals surface area contributed by atoms with Gasteiger partial charge in [0, 0.05) is 36.3 Å². The minimum atomic E-state index is -3.29. The fourth-order valence-corrected chi connectivity index (χ4v) is 3.86. The highest BCUT2D eigenvalue weighted by Gasteiger charge is 2.17. The second kappa shape index (κ2) is 7.38. The second-order valence-electron chi connectivity index (χ2n) is 3.93. The standard InChI is InChI=1S/C12H17N3O2S2/c1-15(8-4-7-13)19(16,17)10-9-18-12-6-3-2-5-11(12)14/h2-3,5-6H,4,8-10,14H2,1H3. The minimum absolute atomic E-state index is 0.0356. The van der Waals surface area contributed by atoms with Gasteiger partial charge in [-0.2, -0.15) is 5.26 Å². The summed E-state index contributed by atoms with van der Waals surface area (Å²) in [6, 6.07) is 9.29. The summed E-state index contributed by atoms with van der Waals surface area (Å²) in [6.45, 7) is 0.233. The van der Waals surface area contributed by atoms with E-state index in [9.17, 15) is 8.42 Å². The number of sulfonamides is 1. The molecule has 104 valence electrons. The lowest BCUT2D eigenvalue weighted by molar-refractivity contribution is 0.478. The van der Waals surface area contributed by atoms with Crippen molar-refractivity contribution in [3.05, 3.63) is 24.3 Å². The zero-order valence-corrected chi connectivity index (χ0v) is 12.4. The molecule has 0 aliphatic rings. The molecular formula is C12H17N3O2S2. The van der Waals surface area contributed by atoms with Crippen molar-refractivity contribution in [1.82, 2.24) is 4.31 Å². The van der Waals surface area contributed by atoms with E-state index >= 15 is 0 Å². The Balaban J connectivity index is 2.48. The highest BCUT2D eigenvalue weighted by Crippen LogP contribution is 2.24. The van der Waals surface area contributed by atoms with Crippen LogP contribution in [-0.4, -0.2) is 37.8 Å². The number of hydrogen-bond donors (Lipinski definition) is 1. The smallest absolute Gasteiger partial charge is 0.214 e. The van der Waals surface area contributed by atoms with Crippen LogP contribution in [0.4, 0.5) is 5.69 Å². The Morgan fingerprint density at radius 2 is 2.11 bits per heavy atom. The van der Waals surface area contributed by atoms with Crippen LogP contribution in [0.3, 0.4) is 0 Å². The van der Waals surface area contributed by atoms with Crippen LogP contribution in [0.2, 0.25) is 0 Å². The number of para-hydroxylation sites is 1. The first-order valence-corrected chi connectivity index (χ1v) is 8.35. The topological polar surface area (TPSA) is 87.2 Å². The van der Waals surface area contributed by atoms with Crippen molar-refractivity contribution >= 4 is 27.5 Å². The molecule has 0 spiro atoms. The van der Waals surface area contributed by atoms with Crippen LogP contribution >= 0.6 is 11.8 Å². The fourth-order valence-electron chi connectivity index (χ4n) is 1.37.